The second-order valence-corrected chi connectivity index (χ2v) is 3.75. The lowest BCUT2D eigenvalue weighted by Crippen LogP contribution is -2.24. The third kappa shape index (κ3) is 2.90. The SMILES string of the molecule is CC1(CCC(=O)O)OSSO1. The van der Waals surface area contributed by atoms with Crippen molar-refractivity contribution in [2.45, 2.75) is 25.6 Å². The molecule has 0 aromatic rings. The van der Waals surface area contributed by atoms with Crippen LogP contribution in [0.2, 0.25) is 0 Å². The molecule has 6 heteroatoms. The number of rotatable bonds is 3. The zero-order valence-corrected chi connectivity index (χ0v) is 7.54. The second-order valence-electron chi connectivity index (χ2n) is 2.33. The van der Waals surface area contributed by atoms with E-state index in [0.29, 0.717) is 6.42 Å². The Morgan fingerprint density at radius 1 is 1.55 bits per heavy atom. The molecule has 64 valence electrons. The Balaban J connectivity index is 2.28. The van der Waals surface area contributed by atoms with Crippen molar-refractivity contribution in [3.8, 4) is 0 Å². The summed E-state index contributed by atoms with van der Waals surface area (Å²) in [5.41, 5.74) is 0. The average molecular weight is 196 g/mol. The van der Waals surface area contributed by atoms with E-state index in [-0.39, 0.29) is 6.42 Å². The van der Waals surface area contributed by atoms with Crippen LogP contribution in [0.3, 0.4) is 0 Å². The van der Waals surface area contributed by atoms with Crippen molar-refractivity contribution < 1.29 is 18.3 Å². The summed E-state index contributed by atoms with van der Waals surface area (Å²) in [5, 5.41) is 8.36. The fraction of sp³-hybridized carbons (Fsp3) is 0.800. The van der Waals surface area contributed by atoms with Crippen LogP contribution in [0.5, 0.6) is 0 Å². The first kappa shape index (κ1) is 9.18. The lowest BCUT2D eigenvalue weighted by atomic mass is 10.2. The normalized spacial score (nSPS) is 21.9. The van der Waals surface area contributed by atoms with Crippen LogP contribution >= 0.6 is 22.1 Å². The third-order valence-corrected chi connectivity index (χ3v) is 2.71. The largest absolute Gasteiger partial charge is 0.481 e. The quantitative estimate of drug-likeness (QED) is 0.549. The Morgan fingerprint density at radius 2 is 2.09 bits per heavy atom. The zero-order valence-electron chi connectivity index (χ0n) is 5.90. The van der Waals surface area contributed by atoms with E-state index in [1.807, 2.05) is 0 Å². The molecule has 0 aromatic carbocycles. The molecule has 11 heavy (non-hydrogen) atoms. The Labute approximate surface area is 72.4 Å². The molecule has 0 spiro atoms. The van der Waals surface area contributed by atoms with E-state index in [9.17, 15) is 4.79 Å². The van der Waals surface area contributed by atoms with Gasteiger partial charge in [0.05, 0.1) is 28.6 Å². The highest BCUT2D eigenvalue weighted by Crippen LogP contribution is 2.44. The lowest BCUT2D eigenvalue weighted by molar-refractivity contribution is -0.140. The molecular weight excluding hydrogens is 188 g/mol. The standard InChI is InChI=1S/C5H8O4S2/c1-5(3-2-4(6)7)8-10-11-9-5/h2-3H2,1H3,(H,6,7). The highest BCUT2D eigenvalue weighted by molar-refractivity contribution is 8.73. The average Bonchev–Trinajstić information content (AvgIpc) is 2.33. The van der Waals surface area contributed by atoms with Crippen LogP contribution < -0.4 is 0 Å². The minimum Gasteiger partial charge on any atom is -0.481 e. The summed E-state index contributed by atoms with van der Waals surface area (Å²) < 4.78 is 10.2. The topological polar surface area (TPSA) is 55.8 Å². The van der Waals surface area contributed by atoms with Crippen molar-refractivity contribution in [1.82, 2.24) is 0 Å². The highest BCUT2D eigenvalue weighted by Gasteiger charge is 2.34. The van der Waals surface area contributed by atoms with Crippen LogP contribution in [0.25, 0.3) is 0 Å². The fourth-order valence-electron chi connectivity index (χ4n) is 0.603. The number of hydrogen-bond donors (Lipinski definition) is 1. The van der Waals surface area contributed by atoms with E-state index < -0.39 is 11.8 Å². The first-order chi connectivity index (χ1) is 5.12. The van der Waals surface area contributed by atoms with Crippen molar-refractivity contribution in [2.75, 3.05) is 0 Å². The summed E-state index contributed by atoms with van der Waals surface area (Å²) in [5.74, 6) is -1.56. The predicted octanol–water partition coefficient (Wildman–Crippen LogP) is 1.83. The van der Waals surface area contributed by atoms with E-state index in [0.717, 1.165) is 22.1 Å². The van der Waals surface area contributed by atoms with Gasteiger partial charge in [0.2, 0.25) is 0 Å². The second kappa shape index (κ2) is 3.66. The molecule has 0 radical (unpaired) electrons. The molecule has 0 unspecified atom stereocenters. The van der Waals surface area contributed by atoms with Crippen LogP contribution in [0.4, 0.5) is 0 Å². The molecule has 0 atom stereocenters. The van der Waals surface area contributed by atoms with E-state index >= 15 is 0 Å². The summed E-state index contributed by atoms with van der Waals surface area (Å²) in [6.07, 6.45) is 0.444. The van der Waals surface area contributed by atoms with Gasteiger partial charge in [0, 0.05) is 6.42 Å². The fourth-order valence-corrected chi connectivity index (χ4v) is 2.25. The summed E-state index contributed by atoms with van der Waals surface area (Å²) in [6, 6.07) is 0. The molecule has 0 aliphatic carbocycles. The van der Waals surface area contributed by atoms with E-state index in [1.54, 1.807) is 6.92 Å². The number of aliphatic carboxylic acids is 1. The van der Waals surface area contributed by atoms with Crippen molar-refractivity contribution >= 4 is 28.1 Å². The maximum Gasteiger partial charge on any atom is 0.303 e. The third-order valence-electron chi connectivity index (χ3n) is 1.24. The molecule has 0 bridgehead atoms. The molecule has 1 saturated heterocycles. The lowest BCUT2D eigenvalue weighted by Gasteiger charge is -2.17. The molecule has 4 nitrogen and oxygen atoms in total. The first-order valence-corrected chi connectivity index (χ1v) is 5.04. The molecule has 0 saturated carbocycles. The van der Waals surface area contributed by atoms with Gasteiger partial charge in [-0.25, -0.2) is 0 Å². The molecule has 0 aromatic heterocycles. The van der Waals surface area contributed by atoms with Gasteiger partial charge in [-0.3, -0.25) is 13.2 Å². The first-order valence-electron chi connectivity index (χ1n) is 3.04. The number of carboxylic acids is 1. The highest BCUT2D eigenvalue weighted by atomic mass is 33.1. The van der Waals surface area contributed by atoms with Crippen LogP contribution in [0.1, 0.15) is 19.8 Å². The summed E-state index contributed by atoms with van der Waals surface area (Å²) in [6.45, 7) is 1.73. The van der Waals surface area contributed by atoms with Crippen molar-refractivity contribution in [3.05, 3.63) is 0 Å². The van der Waals surface area contributed by atoms with Gasteiger partial charge in [-0.15, -0.1) is 0 Å². The van der Waals surface area contributed by atoms with Crippen LogP contribution in [0, 0.1) is 0 Å². The Bertz CT molecular complexity index is 155. The molecule has 0 amide bonds. The van der Waals surface area contributed by atoms with Crippen LogP contribution in [-0.4, -0.2) is 16.9 Å². The molecule has 1 heterocycles. The predicted molar refractivity (Wildman–Crippen MR) is 42.6 cm³/mol. The smallest absolute Gasteiger partial charge is 0.303 e. The summed E-state index contributed by atoms with van der Waals surface area (Å²) in [7, 11) is 0. The van der Waals surface area contributed by atoms with E-state index in [2.05, 4.69) is 0 Å². The van der Waals surface area contributed by atoms with Gasteiger partial charge >= 0.3 is 5.97 Å². The molecular formula is C5H8O4S2. The molecule has 1 N–H and O–H groups in total. The number of carbonyl (C=O) groups is 1. The van der Waals surface area contributed by atoms with Gasteiger partial charge in [0.25, 0.3) is 0 Å². The Hall–Kier alpha value is 0.0900. The number of hydrogen-bond acceptors (Lipinski definition) is 5. The van der Waals surface area contributed by atoms with Gasteiger partial charge in [-0.1, -0.05) is 0 Å². The molecule has 1 fully saturated rings. The minimum absolute atomic E-state index is 0.0671. The van der Waals surface area contributed by atoms with Crippen molar-refractivity contribution in [2.24, 2.45) is 0 Å². The van der Waals surface area contributed by atoms with Gasteiger partial charge in [-0.2, -0.15) is 0 Å². The summed E-state index contributed by atoms with van der Waals surface area (Å²) in [4.78, 5) is 10.2. The number of carboxylic acid groups (broad SMARTS) is 1. The maximum atomic E-state index is 10.2. The molecule has 1 rings (SSSR count). The maximum absolute atomic E-state index is 10.2. The summed E-state index contributed by atoms with van der Waals surface area (Å²) >= 11 is 2.27. The van der Waals surface area contributed by atoms with Gasteiger partial charge in [0.15, 0.2) is 5.79 Å². The van der Waals surface area contributed by atoms with Gasteiger partial charge in [-0.05, 0) is 6.92 Å². The minimum atomic E-state index is -0.833. The van der Waals surface area contributed by atoms with Crippen LogP contribution in [0.15, 0.2) is 0 Å². The zero-order chi connectivity index (χ0) is 8.32. The Morgan fingerprint density at radius 3 is 2.55 bits per heavy atom. The van der Waals surface area contributed by atoms with Gasteiger partial charge in [0.1, 0.15) is 0 Å². The van der Waals surface area contributed by atoms with Crippen molar-refractivity contribution in [1.29, 1.82) is 0 Å². The van der Waals surface area contributed by atoms with Crippen LogP contribution in [-0.2, 0) is 13.2 Å². The molecule has 1 aliphatic rings. The van der Waals surface area contributed by atoms with Gasteiger partial charge < -0.3 is 5.11 Å². The van der Waals surface area contributed by atoms with E-state index in [1.165, 1.54) is 0 Å². The van der Waals surface area contributed by atoms with E-state index in [4.69, 9.17) is 13.5 Å². The molecule has 1 aliphatic heterocycles. The monoisotopic (exact) mass is 196 g/mol. The van der Waals surface area contributed by atoms with Crippen molar-refractivity contribution in [3.63, 3.8) is 0 Å². The Kier molecular flexibility index (Phi) is 3.06.